The van der Waals surface area contributed by atoms with E-state index in [0.29, 0.717) is 8.95 Å². The van der Waals surface area contributed by atoms with E-state index in [0.717, 1.165) is 12.2 Å². The Morgan fingerprint density at radius 2 is 1.59 bits per heavy atom. The molecule has 0 atom stereocenters. The monoisotopic (exact) mass is 355 g/mol. The maximum absolute atomic E-state index is 9.59. The Morgan fingerprint density at radius 3 is 2.18 bits per heavy atom. The molecule has 2 aromatic rings. The Bertz CT molecular complexity index is 491. The third kappa shape index (κ3) is 3.23. The maximum atomic E-state index is 9.59. The van der Waals surface area contributed by atoms with E-state index in [9.17, 15) is 5.11 Å². The standard InChI is InChI=1S/C13H11Br2NO/c14-11-6-10(7-12(15)13(11)17)16-8-9-4-2-1-3-5-9/h1-7,16-17H,8H2. The van der Waals surface area contributed by atoms with Gasteiger partial charge >= 0.3 is 0 Å². The number of nitrogens with one attached hydrogen (secondary N) is 1. The topological polar surface area (TPSA) is 32.3 Å². The number of phenolic OH excluding ortho intramolecular Hbond substituents is 1. The molecule has 17 heavy (non-hydrogen) atoms. The predicted molar refractivity (Wildman–Crippen MR) is 77.3 cm³/mol. The van der Waals surface area contributed by atoms with Gasteiger partial charge in [-0.3, -0.25) is 0 Å². The minimum atomic E-state index is 0.218. The van der Waals surface area contributed by atoms with Crippen LogP contribution < -0.4 is 5.32 Å². The molecular weight excluding hydrogens is 346 g/mol. The van der Waals surface area contributed by atoms with Gasteiger partial charge in [0.25, 0.3) is 0 Å². The molecule has 0 aliphatic carbocycles. The van der Waals surface area contributed by atoms with Crippen molar-refractivity contribution in [2.24, 2.45) is 0 Å². The first kappa shape index (κ1) is 12.5. The molecule has 2 aromatic carbocycles. The van der Waals surface area contributed by atoms with Crippen LogP contribution in [-0.4, -0.2) is 5.11 Å². The van der Waals surface area contributed by atoms with Gasteiger partial charge in [-0.05, 0) is 49.6 Å². The lowest BCUT2D eigenvalue weighted by Gasteiger charge is -2.09. The van der Waals surface area contributed by atoms with Gasteiger partial charge in [0.1, 0.15) is 5.75 Å². The summed E-state index contributed by atoms with van der Waals surface area (Å²) >= 11 is 6.61. The Labute approximate surface area is 117 Å². The molecule has 0 heterocycles. The van der Waals surface area contributed by atoms with Crippen LogP contribution in [-0.2, 0) is 6.54 Å². The van der Waals surface area contributed by atoms with E-state index in [1.807, 2.05) is 30.3 Å². The first-order chi connectivity index (χ1) is 8.16. The van der Waals surface area contributed by atoms with E-state index >= 15 is 0 Å². The number of phenols is 1. The zero-order valence-electron chi connectivity index (χ0n) is 8.95. The number of aromatic hydroxyl groups is 1. The van der Waals surface area contributed by atoms with Gasteiger partial charge in [-0.2, -0.15) is 0 Å². The second kappa shape index (κ2) is 5.56. The zero-order valence-corrected chi connectivity index (χ0v) is 12.1. The van der Waals surface area contributed by atoms with Crippen molar-refractivity contribution in [3.05, 3.63) is 57.0 Å². The largest absolute Gasteiger partial charge is 0.506 e. The average Bonchev–Trinajstić information content (AvgIpc) is 2.34. The number of anilines is 1. The third-order valence-electron chi connectivity index (χ3n) is 2.36. The first-order valence-corrected chi connectivity index (χ1v) is 6.71. The molecule has 0 spiro atoms. The molecule has 2 N–H and O–H groups in total. The second-order valence-corrected chi connectivity index (χ2v) is 5.34. The highest BCUT2D eigenvalue weighted by molar-refractivity contribution is 9.11. The molecule has 4 heteroatoms. The summed E-state index contributed by atoms with van der Waals surface area (Å²) in [6, 6.07) is 13.9. The summed E-state index contributed by atoms with van der Waals surface area (Å²) in [6.07, 6.45) is 0. The van der Waals surface area contributed by atoms with Gasteiger partial charge in [-0.25, -0.2) is 0 Å². The fraction of sp³-hybridized carbons (Fsp3) is 0.0769. The van der Waals surface area contributed by atoms with Crippen molar-refractivity contribution >= 4 is 37.5 Å². The highest BCUT2D eigenvalue weighted by Gasteiger charge is 2.05. The van der Waals surface area contributed by atoms with E-state index in [1.54, 1.807) is 0 Å². The Kier molecular flexibility index (Phi) is 4.07. The van der Waals surface area contributed by atoms with E-state index < -0.39 is 0 Å². The highest BCUT2D eigenvalue weighted by Crippen LogP contribution is 2.35. The summed E-state index contributed by atoms with van der Waals surface area (Å²) in [5.74, 6) is 0.218. The van der Waals surface area contributed by atoms with Crippen LogP contribution in [0, 0.1) is 0 Å². The van der Waals surface area contributed by atoms with Crippen molar-refractivity contribution in [3.63, 3.8) is 0 Å². The molecule has 0 saturated carbocycles. The average molecular weight is 357 g/mol. The summed E-state index contributed by atoms with van der Waals surface area (Å²) in [5.41, 5.74) is 2.17. The predicted octanol–water partition coefficient (Wildman–Crippen LogP) is 4.53. The summed E-state index contributed by atoms with van der Waals surface area (Å²) in [6.45, 7) is 0.754. The van der Waals surface area contributed by atoms with Crippen LogP contribution in [0.2, 0.25) is 0 Å². The van der Waals surface area contributed by atoms with Gasteiger partial charge in [-0.15, -0.1) is 0 Å². The number of rotatable bonds is 3. The number of hydrogen-bond donors (Lipinski definition) is 2. The van der Waals surface area contributed by atoms with Crippen molar-refractivity contribution in [1.29, 1.82) is 0 Å². The van der Waals surface area contributed by atoms with Crippen molar-refractivity contribution in [2.45, 2.75) is 6.54 Å². The minimum Gasteiger partial charge on any atom is -0.506 e. The van der Waals surface area contributed by atoms with E-state index in [2.05, 4.69) is 49.3 Å². The molecule has 0 bridgehead atoms. The van der Waals surface area contributed by atoms with Gasteiger partial charge in [0.2, 0.25) is 0 Å². The van der Waals surface area contributed by atoms with Gasteiger partial charge < -0.3 is 10.4 Å². The number of halogens is 2. The van der Waals surface area contributed by atoms with Crippen molar-refractivity contribution < 1.29 is 5.11 Å². The third-order valence-corrected chi connectivity index (χ3v) is 3.57. The van der Waals surface area contributed by atoms with Crippen LogP contribution >= 0.6 is 31.9 Å². The van der Waals surface area contributed by atoms with E-state index in [-0.39, 0.29) is 5.75 Å². The molecule has 0 unspecified atom stereocenters. The molecule has 0 radical (unpaired) electrons. The maximum Gasteiger partial charge on any atom is 0.144 e. The molecule has 88 valence electrons. The molecule has 0 amide bonds. The SMILES string of the molecule is Oc1c(Br)cc(NCc2ccccc2)cc1Br. The lowest BCUT2D eigenvalue weighted by Crippen LogP contribution is -1.99. The molecule has 0 aliphatic rings. The summed E-state index contributed by atoms with van der Waals surface area (Å²) in [4.78, 5) is 0. The lowest BCUT2D eigenvalue weighted by molar-refractivity contribution is 0.468. The number of benzene rings is 2. The summed E-state index contributed by atoms with van der Waals surface area (Å²) in [7, 11) is 0. The smallest absolute Gasteiger partial charge is 0.144 e. The fourth-order valence-corrected chi connectivity index (χ4v) is 2.65. The second-order valence-electron chi connectivity index (χ2n) is 3.63. The van der Waals surface area contributed by atoms with Crippen LogP contribution in [0.3, 0.4) is 0 Å². The Balaban J connectivity index is 2.10. The van der Waals surface area contributed by atoms with Crippen LogP contribution in [0.25, 0.3) is 0 Å². The molecule has 0 fully saturated rings. The van der Waals surface area contributed by atoms with Gasteiger partial charge in [0, 0.05) is 12.2 Å². The van der Waals surface area contributed by atoms with E-state index in [1.165, 1.54) is 5.56 Å². The normalized spacial score (nSPS) is 10.2. The van der Waals surface area contributed by atoms with Gasteiger partial charge in [0.15, 0.2) is 0 Å². The molecular formula is C13H11Br2NO. The van der Waals surface area contributed by atoms with E-state index in [4.69, 9.17) is 0 Å². The molecule has 2 nitrogen and oxygen atoms in total. The quantitative estimate of drug-likeness (QED) is 0.792. The molecule has 2 rings (SSSR count). The Morgan fingerprint density at radius 1 is 1.00 bits per heavy atom. The van der Waals surface area contributed by atoms with Gasteiger partial charge in [0.05, 0.1) is 8.95 Å². The fourth-order valence-electron chi connectivity index (χ4n) is 1.47. The van der Waals surface area contributed by atoms with Crippen molar-refractivity contribution in [3.8, 4) is 5.75 Å². The zero-order chi connectivity index (χ0) is 12.3. The first-order valence-electron chi connectivity index (χ1n) is 5.12. The van der Waals surface area contributed by atoms with Gasteiger partial charge in [-0.1, -0.05) is 30.3 Å². The van der Waals surface area contributed by atoms with Crippen LogP contribution in [0.4, 0.5) is 5.69 Å². The summed E-state index contributed by atoms with van der Waals surface area (Å²) < 4.78 is 1.34. The van der Waals surface area contributed by atoms with Crippen molar-refractivity contribution in [1.82, 2.24) is 0 Å². The van der Waals surface area contributed by atoms with Crippen LogP contribution in [0.1, 0.15) is 5.56 Å². The lowest BCUT2D eigenvalue weighted by atomic mass is 10.2. The summed E-state index contributed by atoms with van der Waals surface area (Å²) in [5, 5.41) is 12.9. The molecule has 0 aromatic heterocycles. The highest BCUT2D eigenvalue weighted by atomic mass is 79.9. The minimum absolute atomic E-state index is 0.218. The van der Waals surface area contributed by atoms with Crippen LogP contribution in [0.15, 0.2) is 51.4 Å². The van der Waals surface area contributed by atoms with Crippen LogP contribution in [0.5, 0.6) is 5.75 Å². The van der Waals surface area contributed by atoms with Crippen molar-refractivity contribution in [2.75, 3.05) is 5.32 Å². The Hall–Kier alpha value is -1.00. The molecule has 0 aliphatic heterocycles. The number of hydrogen-bond acceptors (Lipinski definition) is 2. The molecule has 0 saturated heterocycles.